The predicted octanol–water partition coefficient (Wildman–Crippen LogP) is 1.45. The Labute approximate surface area is 224 Å². The van der Waals surface area contributed by atoms with Crippen molar-refractivity contribution >= 4 is 23.4 Å². The normalized spacial score (nSPS) is 13.0. The maximum Gasteiger partial charge on any atom is 0.416 e. The largest absolute Gasteiger partial charge is 0.416 e. The lowest BCUT2D eigenvalue weighted by atomic mass is 9.99. The molecule has 0 aliphatic rings. The average Bonchev–Trinajstić information content (AvgIpc) is 3.39. The second kappa shape index (κ2) is 15.7. The van der Waals surface area contributed by atoms with Crippen molar-refractivity contribution in [3.63, 3.8) is 0 Å². The molecule has 10 nitrogen and oxygen atoms in total. The first-order valence-electron chi connectivity index (χ1n) is 12.6. The molecule has 39 heavy (non-hydrogen) atoms. The monoisotopic (exact) mass is 552 g/mol. The summed E-state index contributed by atoms with van der Waals surface area (Å²) in [6.45, 7) is 1.40. The van der Waals surface area contributed by atoms with E-state index in [0.717, 1.165) is 17.8 Å². The van der Waals surface area contributed by atoms with E-state index in [9.17, 15) is 32.3 Å². The molecular weight excluding hydrogens is 517 g/mol. The number of carbonyl (C=O) groups is 4. The fourth-order valence-corrected chi connectivity index (χ4v) is 3.86. The van der Waals surface area contributed by atoms with Gasteiger partial charge in [-0.2, -0.15) is 13.2 Å². The molecule has 0 radical (unpaired) electrons. The number of nitrogens with zero attached hydrogens (tertiary/aromatic N) is 1. The van der Waals surface area contributed by atoms with E-state index < -0.39 is 35.5 Å². The van der Waals surface area contributed by atoms with E-state index in [1.54, 1.807) is 6.20 Å². The van der Waals surface area contributed by atoms with Crippen LogP contribution in [0.4, 0.5) is 13.2 Å². The first kappa shape index (κ1) is 31.6. The standard InChI is InChI=1S/C26H35F3N6O4/c1-17(36)32-10-3-2-7-22(25(30)39)34-15-24(38)23(12-18-5-4-6-19(11-18)26(27,28)29)33-14-21(37)9-8-20-13-31-16-35-20/h4-6,11,13,16,22-23,33-34H,2-3,7-10,12,14-15H2,1H3,(H2,30,39)(H,31,35)(H,32,36)/t22-,23-/m0/s1. The topological polar surface area (TPSA) is 159 Å². The Morgan fingerprint density at radius 2 is 1.82 bits per heavy atom. The summed E-state index contributed by atoms with van der Waals surface area (Å²) in [5.74, 6) is -1.44. The summed E-state index contributed by atoms with van der Waals surface area (Å²) >= 11 is 0. The Balaban J connectivity index is 2.01. The summed E-state index contributed by atoms with van der Waals surface area (Å²) in [7, 11) is 0. The minimum absolute atomic E-state index is 0.0871. The molecule has 0 bridgehead atoms. The Bertz CT molecular complexity index is 1090. The highest BCUT2D eigenvalue weighted by atomic mass is 19.4. The SMILES string of the molecule is CC(=O)NCCCC[C@H](NCC(=O)[C@H](Cc1cccc(C(F)(F)F)c1)NCC(=O)CCc1cnc[nH]1)C(N)=O. The minimum atomic E-state index is -4.54. The van der Waals surface area contributed by atoms with E-state index in [1.165, 1.54) is 25.4 Å². The number of imidazole rings is 1. The molecule has 0 aliphatic heterocycles. The van der Waals surface area contributed by atoms with Gasteiger partial charge in [0.25, 0.3) is 0 Å². The van der Waals surface area contributed by atoms with Crippen molar-refractivity contribution in [2.24, 2.45) is 5.73 Å². The molecule has 0 fully saturated rings. The molecule has 0 unspecified atom stereocenters. The van der Waals surface area contributed by atoms with Crippen molar-refractivity contribution in [2.75, 3.05) is 19.6 Å². The van der Waals surface area contributed by atoms with Gasteiger partial charge in [0, 0.05) is 31.8 Å². The lowest BCUT2D eigenvalue weighted by molar-refractivity contribution is -0.137. The highest BCUT2D eigenvalue weighted by Gasteiger charge is 2.31. The minimum Gasteiger partial charge on any atom is -0.368 e. The molecule has 0 aliphatic carbocycles. The molecule has 13 heteroatoms. The number of unbranched alkanes of at least 4 members (excludes halogenated alkanes) is 1. The van der Waals surface area contributed by atoms with Gasteiger partial charge in [-0.15, -0.1) is 0 Å². The third-order valence-corrected chi connectivity index (χ3v) is 6.02. The van der Waals surface area contributed by atoms with Crippen LogP contribution in [0.5, 0.6) is 0 Å². The lowest BCUT2D eigenvalue weighted by Crippen LogP contribution is -2.49. The van der Waals surface area contributed by atoms with Crippen LogP contribution in [-0.4, -0.2) is 65.1 Å². The van der Waals surface area contributed by atoms with E-state index in [-0.39, 0.29) is 43.2 Å². The van der Waals surface area contributed by atoms with Crippen molar-refractivity contribution in [2.45, 2.75) is 63.7 Å². The number of aryl methyl sites for hydroxylation is 1. The second-order valence-electron chi connectivity index (χ2n) is 9.23. The first-order valence-corrected chi connectivity index (χ1v) is 12.6. The van der Waals surface area contributed by atoms with E-state index in [1.807, 2.05) is 0 Å². The van der Waals surface area contributed by atoms with E-state index in [4.69, 9.17) is 5.73 Å². The van der Waals surface area contributed by atoms with Gasteiger partial charge in [-0.1, -0.05) is 18.2 Å². The van der Waals surface area contributed by atoms with Crippen LogP contribution in [0.3, 0.4) is 0 Å². The van der Waals surface area contributed by atoms with Crippen LogP contribution in [0, 0.1) is 0 Å². The number of Topliss-reactive ketones (excluding diaryl/α,β-unsaturated/α-hetero) is 2. The van der Waals surface area contributed by atoms with Crippen LogP contribution >= 0.6 is 0 Å². The van der Waals surface area contributed by atoms with Gasteiger partial charge in [-0.05, 0) is 43.7 Å². The van der Waals surface area contributed by atoms with Crippen molar-refractivity contribution in [3.8, 4) is 0 Å². The maximum atomic E-state index is 13.2. The summed E-state index contributed by atoms with van der Waals surface area (Å²) in [5.41, 5.74) is 5.66. The number of rotatable bonds is 18. The number of aromatic amines is 1. The first-order chi connectivity index (χ1) is 18.5. The number of benzene rings is 1. The number of H-pyrrole nitrogens is 1. The third kappa shape index (κ3) is 12.2. The number of halogens is 3. The van der Waals surface area contributed by atoms with Crippen LogP contribution in [0.15, 0.2) is 36.8 Å². The van der Waals surface area contributed by atoms with Gasteiger partial charge in [0.1, 0.15) is 5.78 Å². The van der Waals surface area contributed by atoms with Gasteiger partial charge in [-0.3, -0.25) is 24.5 Å². The molecule has 2 amide bonds. The number of nitrogens with one attached hydrogen (secondary N) is 4. The zero-order chi connectivity index (χ0) is 28.8. The maximum absolute atomic E-state index is 13.2. The van der Waals surface area contributed by atoms with Crippen LogP contribution in [0.1, 0.15) is 49.4 Å². The fraction of sp³-hybridized carbons (Fsp3) is 0.500. The second-order valence-corrected chi connectivity index (χ2v) is 9.23. The number of carbonyl (C=O) groups excluding carboxylic acids is 4. The van der Waals surface area contributed by atoms with Gasteiger partial charge in [0.2, 0.25) is 11.8 Å². The highest BCUT2D eigenvalue weighted by molar-refractivity contribution is 5.88. The third-order valence-electron chi connectivity index (χ3n) is 6.02. The van der Waals surface area contributed by atoms with Crippen molar-refractivity contribution in [1.29, 1.82) is 0 Å². The van der Waals surface area contributed by atoms with Crippen LogP contribution in [0.2, 0.25) is 0 Å². The van der Waals surface area contributed by atoms with Gasteiger partial charge in [0.15, 0.2) is 5.78 Å². The van der Waals surface area contributed by atoms with Gasteiger partial charge in [0.05, 0.1) is 37.1 Å². The Hall–Kier alpha value is -3.58. The molecule has 0 spiro atoms. The molecule has 0 saturated carbocycles. The number of hydrogen-bond acceptors (Lipinski definition) is 7. The molecule has 2 rings (SSSR count). The van der Waals surface area contributed by atoms with Gasteiger partial charge in [-0.25, -0.2) is 4.98 Å². The molecule has 2 atom stereocenters. The molecule has 0 saturated heterocycles. The van der Waals surface area contributed by atoms with Crippen molar-refractivity contribution in [3.05, 3.63) is 53.6 Å². The predicted molar refractivity (Wildman–Crippen MR) is 137 cm³/mol. The van der Waals surface area contributed by atoms with Crippen LogP contribution in [-0.2, 0) is 38.2 Å². The number of hydrogen-bond donors (Lipinski definition) is 5. The number of alkyl halides is 3. The molecule has 214 valence electrons. The van der Waals surface area contributed by atoms with Crippen molar-refractivity contribution < 1.29 is 32.3 Å². The number of aromatic nitrogens is 2. The van der Waals surface area contributed by atoms with E-state index >= 15 is 0 Å². The molecule has 1 aromatic carbocycles. The van der Waals surface area contributed by atoms with Crippen LogP contribution in [0.25, 0.3) is 0 Å². The molecule has 1 aromatic heterocycles. The van der Waals surface area contributed by atoms with Crippen molar-refractivity contribution in [1.82, 2.24) is 25.9 Å². The number of primary amides is 1. The molecule has 6 N–H and O–H groups in total. The van der Waals surface area contributed by atoms with Crippen LogP contribution < -0.4 is 21.7 Å². The zero-order valence-corrected chi connectivity index (χ0v) is 21.8. The quantitative estimate of drug-likeness (QED) is 0.175. The summed E-state index contributed by atoms with van der Waals surface area (Å²) in [4.78, 5) is 55.1. The molecule has 2 aromatic rings. The zero-order valence-electron chi connectivity index (χ0n) is 21.8. The Morgan fingerprint density at radius 3 is 2.46 bits per heavy atom. The average molecular weight is 553 g/mol. The Morgan fingerprint density at radius 1 is 1.08 bits per heavy atom. The number of amides is 2. The smallest absolute Gasteiger partial charge is 0.368 e. The number of nitrogens with two attached hydrogens (primary N) is 1. The van der Waals surface area contributed by atoms with E-state index in [2.05, 4.69) is 25.9 Å². The number of ketones is 2. The van der Waals surface area contributed by atoms with E-state index in [0.29, 0.717) is 32.2 Å². The fourth-order valence-electron chi connectivity index (χ4n) is 3.86. The molecular formula is C26H35F3N6O4. The lowest BCUT2D eigenvalue weighted by Gasteiger charge is -2.21. The van der Waals surface area contributed by atoms with Gasteiger partial charge >= 0.3 is 6.18 Å². The summed E-state index contributed by atoms with van der Waals surface area (Å²) in [6.07, 6.45) is 0.582. The molecule has 1 heterocycles. The summed E-state index contributed by atoms with van der Waals surface area (Å²) in [6, 6.07) is 2.86. The van der Waals surface area contributed by atoms with Gasteiger partial charge < -0.3 is 21.4 Å². The summed E-state index contributed by atoms with van der Waals surface area (Å²) in [5, 5.41) is 8.35. The highest BCUT2D eigenvalue weighted by Crippen LogP contribution is 2.29. The Kier molecular flexibility index (Phi) is 12.8. The summed E-state index contributed by atoms with van der Waals surface area (Å²) < 4.78 is 39.6.